The Morgan fingerprint density at radius 2 is 2.15 bits per heavy atom. The summed E-state index contributed by atoms with van der Waals surface area (Å²) in [5, 5.41) is 9.70. The van der Waals surface area contributed by atoms with Gasteiger partial charge in [0, 0.05) is 30.7 Å². The Morgan fingerprint density at radius 1 is 1.40 bits per heavy atom. The Kier molecular flexibility index (Phi) is 3.89. The van der Waals surface area contributed by atoms with Crippen molar-refractivity contribution in [3.63, 3.8) is 0 Å². The average Bonchev–Trinajstić information content (AvgIpc) is 2.41. The number of likely N-dealkylation sites (N-methyl/N-ethyl adjacent to an activating group) is 1. The van der Waals surface area contributed by atoms with Gasteiger partial charge in [-0.05, 0) is 24.3 Å². The molecule has 0 fully saturated rings. The first kappa shape index (κ1) is 13.9. The van der Waals surface area contributed by atoms with Crippen molar-refractivity contribution in [3.8, 4) is 0 Å². The molecule has 0 bridgehead atoms. The molecule has 0 unspecified atom stereocenters. The zero-order valence-electron chi connectivity index (χ0n) is 11.2. The molecule has 0 atom stereocenters. The number of nitrogens with zero attached hydrogens (tertiary/aromatic N) is 2. The second-order valence-electron chi connectivity index (χ2n) is 4.56. The summed E-state index contributed by atoms with van der Waals surface area (Å²) in [6, 6.07) is 8.76. The van der Waals surface area contributed by atoms with Crippen molar-refractivity contribution in [2.75, 3.05) is 18.5 Å². The monoisotopic (exact) mass is 272 g/mol. The second-order valence-corrected chi connectivity index (χ2v) is 4.56. The van der Waals surface area contributed by atoms with E-state index in [1.807, 2.05) is 18.2 Å². The van der Waals surface area contributed by atoms with Crippen LogP contribution in [0.15, 0.2) is 47.8 Å². The summed E-state index contributed by atoms with van der Waals surface area (Å²) in [7, 11) is 1.72. The molecule has 5 heteroatoms. The predicted molar refractivity (Wildman–Crippen MR) is 79.3 cm³/mol. The smallest absolute Gasteiger partial charge is 0.323 e. The number of allylic oxidation sites excluding steroid dienone is 1. The van der Waals surface area contributed by atoms with Crippen LogP contribution in [0.4, 0.5) is 5.69 Å². The van der Waals surface area contributed by atoms with Crippen LogP contribution in [0.3, 0.4) is 0 Å². The number of carboxylic acid groups (broad SMARTS) is 1. The molecule has 1 aromatic heterocycles. The van der Waals surface area contributed by atoms with Gasteiger partial charge in [-0.2, -0.15) is 0 Å². The molecule has 0 spiro atoms. The lowest BCUT2D eigenvalue weighted by Crippen LogP contribution is -2.25. The summed E-state index contributed by atoms with van der Waals surface area (Å²) in [5.74, 6) is -0.885. The van der Waals surface area contributed by atoms with E-state index in [1.165, 1.54) is 6.07 Å². The number of hydrogen-bond acceptors (Lipinski definition) is 3. The molecular formula is C15H16N2O3. The van der Waals surface area contributed by atoms with Gasteiger partial charge < -0.3 is 14.6 Å². The summed E-state index contributed by atoms with van der Waals surface area (Å²) >= 11 is 0. The minimum absolute atomic E-state index is 0.0716. The van der Waals surface area contributed by atoms with E-state index >= 15 is 0 Å². The van der Waals surface area contributed by atoms with Crippen LogP contribution in [0.1, 0.15) is 0 Å². The van der Waals surface area contributed by atoms with Gasteiger partial charge in [-0.3, -0.25) is 9.59 Å². The van der Waals surface area contributed by atoms with Crippen molar-refractivity contribution >= 4 is 22.6 Å². The van der Waals surface area contributed by atoms with E-state index in [4.69, 9.17) is 5.11 Å². The van der Waals surface area contributed by atoms with Crippen LogP contribution < -0.4 is 10.5 Å². The molecule has 0 amide bonds. The quantitative estimate of drug-likeness (QED) is 0.842. The Balaban J connectivity index is 2.50. The van der Waals surface area contributed by atoms with Crippen molar-refractivity contribution in [2.24, 2.45) is 0 Å². The van der Waals surface area contributed by atoms with E-state index in [9.17, 15) is 9.59 Å². The zero-order valence-corrected chi connectivity index (χ0v) is 11.2. The normalized spacial score (nSPS) is 10.4. The molecule has 2 aromatic rings. The number of hydrogen-bond donors (Lipinski definition) is 1. The van der Waals surface area contributed by atoms with Crippen LogP contribution >= 0.6 is 0 Å². The maximum Gasteiger partial charge on any atom is 0.323 e. The van der Waals surface area contributed by atoms with Crippen LogP contribution in [0.2, 0.25) is 0 Å². The summed E-state index contributed by atoms with van der Waals surface area (Å²) in [4.78, 5) is 24.2. The Bertz CT molecular complexity index is 719. The number of carboxylic acids is 1. The third-order valence-electron chi connectivity index (χ3n) is 3.10. The van der Waals surface area contributed by atoms with Crippen LogP contribution in [0, 0.1) is 0 Å². The van der Waals surface area contributed by atoms with Gasteiger partial charge in [-0.1, -0.05) is 6.08 Å². The van der Waals surface area contributed by atoms with Crippen LogP contribution in [0.5, 0.6) is 0 Å². The lowest BCUT2D eigenvalue weighted by atomic mass is 10.1. The summed E-state index contributed by atoms with van der Waals surface area (Å²) < 4.78 is 1.63. The van der Waals surface area contributed by atoms with Gasteiger partial charge in [0.25, 0.3) is 5.56 Å². The van der Waals surface area contributed by atoms with Gasteiger partial charge >= 0.3 is 5.97 Å². The van der Waals surface area contributed by atoms with Crippen molar-refractivity contribution in [2.45, 2.75) is 6.54 Å². The Morgan fingerprint density at radius 3 is 2.80 bits per heavy atom. The van der Waals surface area contributed by atoms with Crippen molar-refractivity contribution in [3.05, 3.63) is 53.3 Å². The number of pyridine rings is 1. The maximum atomic E-state index is 11.8. The highest BCUT2D eigenvalue weighted by Gasteiger charge is 2.08. The van der Waals surface area contributed by atoms with E-state index in [1.54, 1.807) is 28.7 Å². The number of carbonyl (C=O) groups is 1. The number of rotatable bonds is 5. The molecule has 2 rings (SSSR count). The molecule has 0 aliphatic rings. The lowest BCUT2D eigenvalue weighted by molar-refractivity contribution is -0.135. The first-order chi connectivity index (χ1) is 9.52. The van der Waals surface area contributed by atoms with Crippen LogP contribution in [0.25, 0.3) is 10.9 Å². The van der Waals surface area contributed by atoms with E-state index < -0.39 is 5.97 Å². The molecular weight excluding hydrogens is 256 g/mol. The molecule has 1 N–H and O–H groups in total. The second kappa shape index (κ2) is 5.61. The number of fused-ring (bicyclic) bond motifs is 1. The van der Waals surface area contributed by atoms with Gasteiger partial charge in [-0.25, -0.2) is 0 Å². The van der Waals surface area contributed by atoms with Crippen molar-refractivity contribution < 1.29 is 9.90 Å². The fraction of sp³-hybridized carbons (Fsp3) is 0.200. The molecule has 1 heterocycles. The highest BCUT2D eigenvalue weighted by atomic mass is 16.4. The minimum Gasteiger partial charge on any atom is -0.480 e. The first-order valence-electron chi connectivity index (χ1n) is 6.20. The molecule has 0 saturated heterocycles. The average molecular weight is 272 g/mol. The van der Waals surface area contributed by atoms with Gasteiger partial charge in [0.15, 0.2) is 0 Å². The number of benzene rings is 1. The largest absolute Gasteiger partial charge is 0.480 e. The summed E-state index contributed by atoms with van der Waals surface area (Å²) in [6.07, 6.45) is 1.67. The third kappa shape index (κ3) is 2.71. The van der Waals surface area contributed by atoms with Gasteiger partial charge in [-0.15, -0.1) is 6.58 Å². The topological polar surface area (TPSA) is 62.5 Å². The van der Waals surface area contributed by atoms with Gasteiger partial charge in [0.1, 0.15) is 6.54 Å². The molecule has 0 aliphatic carbocycles. The standard InChI is InChI=1S/C15H16N2O3/c1-3-8-17-13-6-5-12(16(2)10-15(19)20)9-11(13)4-7-14(17)18/h3-7,9H,1,8,10H2,2H3,(H,19,20). The Hall–Kier alpha value is -2.56. The zero-order chi connectivity index (χ0) is 14.7. The fourth-order valence-corrected chi connectivity index (χ4v) is 2.14. The van der Waals surface area contributed by atoms with Crippen molar-refractivity contribution in [1.82, 2.24) is 4.57 Å². The minimum atomic E-state index is -0.885. The van der Waals surface area contributed by atoms with E-state index in [0.29, 0.717) is 6.54 Å². The van der Waals surface area contributed by atoms with Crippen LogP contribution in [-0.2, 0) is 11.3 Å². The Labute approximate surface area is 116 Å². The molecule has 104 valence electrons. The molecule has 0 aliphatic heterocycles. The summed E-state index contributed by atoms with van der Waals surface area (Å²) in [6.45, 7) is 4.02. The lowest BCUT2D eigenvalue weighted by Gasteiger charge is -2.18. The predicted octanol–water partition coefficient (Wildman–Crippen LogP) is 1.71. The molecule has 1 aromatic carbocycles. The number of aliphatic carboxylic acids is 1. The van der Waals surface area contributed by atoms with E-state index in [2.05, 4.69) is 6.58 Å². The molecule has 0 saturated carbocycles. The summed E-state index contributed by atoms with van der Waals surface area (Å²) in [5.41, 5.74) is 1.53. The maximum absolute atomic E-state index is 11.8. The molecule has 0 radical (unpaired) electrons. The highest BCUT2D eigenvalue weighted by molar-refractivity contribution is 5.84. The van der Waals surface area contributed by atoms with Crippen LogP contribution in [-0.4, -0.2) is 29.2 Å². The molecule has 5 nitrogen and oxygen atoms in total. The number of anilines is 1. The van der Waals surface area contributed by atoms with Crippen molar-refractivity contribution in [1.29, 1.82) is 0 Å². The fourth-order valence-electron chi connectivity index (χ4n) is 2.14. The highest BCUT2D eigenvalue weighted by Crippen LogP contribution is 2.20. The molecule has 20 heavy (non-hydrogen) atoms. The number of aromatic nitrogens is 1. The van der Waals surface area contributed by atoms with E-state index in [-0.39, 0.29) is 12.1 Å². The first-order valence-corrected chi connectivity index (χ1v) is 6.20. The van der Waals surface area contributed by atoms with Gasteiger partial charge in [0.05, 0.1) is 5.52 Å². The van der Waals surface area contributed by atoms with E-state index in [0.717, 1.165) is 16.6 Å². The van der Waals surface area contributed by atoms with Gasteiger partial charge in [0.2, 0.25) is 0 Å². The third-order valence-corrected chi connectivity index (χ3v) is 3.10. The SMILES string of the molecule is C=CCn1c(=O)ccc2cc(N(C)CC(=O)O)ccc21.